The Kier molecular flexibility index (Phi) is 2.65. The van der Waals surface area contributed by atoms with Crippen LogP contribution in [0.1, 0.15) is 11.3 Å². The van der Waals surface area contributed by atoms with Crippen LogP contribution in [0.5, 0.6) is 0 Å². The van der Waals surface area contributed by atoms with Crippen LogP contribution in [-0.2, 0) is 0 Å². The highest BCUT2D eigenvalue weighted by molar-refractivity contribution is 5.34. The Balaban J connectivity index is 2.95. The molecule has 0 amide bonds. The van der Waals surface area contributed by atoms with Crippen molar-refractivity contribution < 1.29 is 0 Å². The van der Waals surface area contributed by atoms with Gasteiger partial charge in [-0.05, 0) is 24.5 Å². The van der Waals surface area contributed by atoms with Crippen molar-refractivity contribution in [1.82, 2.24) is 4.98 Å². The predicted molar refractivity (Wildman–Crippen MR) is 44.9 cm³/mol. The summed E-state index contributed by atoms with van der Waals surface area (Å²) in [5, 5.41) is 0. The molecule has 2 nitrogen and oxygen atoms in total. The van der Waals surface area contributed by atoms with Gasteiger partial charge in [0.2, 0.25) is 0 Å². The van der Waals surface area contributed by atoms with E-state index in [-0.39, 0.29) is 0 Å². The molecule has 56 valence electrons. The minimum atomic E-state index is 0.385. The minimum Gasteiger partial charge on any atom is -0.320 e. The van der Waals surface area contributed by atoms with Gasteiger partial charge in [0.25, 0.3) is 0 Å². The molecular weight excluding hydrogens is 136 g/mol. The molecule has 1 aromatic heterocycles. The van der Waals surface area contributed by atoms with Crippen molar-refractivity contribution in [3.63, 3.8) is 0 Å². The second kappa shape index (κ2) is 3.75. The lowest BCUT2D eigenvalue weighted by Gasteiger charge is -1.92. The molecule has 0 aliphatic carbocycles. The number of hydrogen-bond acceptors (Lipinski definition) is 2. The predicted octanol–water partition coefficient (Wildman–Crippen LogP) is 0.700. The zero-order valence-electron chi connectivity index (χ0n) is 6.46. The van der Waals surface area contributed by atoms with Crippen molar-refractivity contribution in [2.75, 3.05) is 6.54 Å². The lowest BCUT2D eigenvalue weighted by molar-refractivity contribution is 1.22. The summed E-state index contributed by atoms with van der Waals surface area (Å²) in [6, 6.07) is 3.87. The van der Waals surface area contributed by atoms with Crippen molar-refractivity contribution in [2.24, 2.45) is 5.73 Å². The Bertz CT molecular complexity index is 294. The maximum atomic E-state index is 5.23. The SMILES string of the molecule is Cc1cccnc1C#CCN. The summed E-state index contributed by atoms with van der Waals surface area (Å²) < 4.78 is 0. The third-order valence-corrected chi connectivity index (χ3v) is 1.32. The van der Waals surface area contributed by atoms with Gasteiger partial charge in [0.05, 0.1) is 6.54 Å². The molecule has 0 saturated carbocycles. The van der Waals surface area contributed by atoms with E-state index in [9.17, 15) is 0 Å². The van der Waals surface area contributed by atoms with E-state index >= 15 is 0 Å². The van der Waals surface area contributed by atoms with Crippen LogP contribution < -0.4 is 5.73 Å². The lowest BCUT2D eigenvalue weighted by Crippen LogP contribution is -1.94. The quantitative estimate of drug-likeness (QED) is 0.547. The van der Waals surface area contributed by atoms with Crippen LogP contribution in [0.4, 0.5) is 0 Å². The average Bonchev–Trinajstić information content (AvgIpc) is 2.03. The summed E-state index contributed by atoms with van der Waals surface area (Å²) in [6.07, 6.45) is 1.73. The van der Waals surface area contributed by atoms with Crippen LogP contribution in [0.2, 0.25) is 0 Å². The fourth-order valence-electron chi connectivity index (χ4n) is 0.751. The van der Waals surface area contributed by atoms with E-state index in [1.54, 1.807) is 6.20 Å². The van der Waals surface area contributed by atoms with Crippen molar-refractivity contribution >= 4 is 0 Å². The molecule has 2 heteroatoms. The highest BCUT2D eigenvalue weighted by atomic mass is 14.7. The first-order valence-electron chi connectivity index (χ1n) is 3.45. The molecule has 0 atom stereocenters. The molecule has 11 heavy (non-hydrogen) atoms. The number of nitrogens with two attached hydrogens (primary N) is 1. The molecular formula is C9H10N2. The Hall–Kier alpha value is -1.33. The summed E-state index contributed by atoms with van der Waals surface area (Å²) in [5.41, 5.74) is 7.13. The molecule has 2 N–H and O–H groups in total. The molecule has 0 saturated heterocycles. The zero-order chi connectivity index (χ0) is 8.10. The minimum absolute atomic E-state index is 0.385. The highest BCUT2D eigenvalue weighted by Gasteiger charge is 1.90. The summed E-state index contributed by atoms with van der Waals surface area (Å²) in [6.45, 7) is 2.36. The summed E-state index contributed by atoms with van der Waals surface area (Å²) >= 11 is 0. The fraction of sp³-hybridized carbons (Fsp3) is 0.222. The van der Waals surface area contributed by atoms with E-state index in [2.05, 4.69) is 16.8 Å². The van der Waals surface area contributed by atoms with Crippen LogP contribution in [0.25, 0.3) is 0 Å². The number of hydrogen-bond donors (Lipinski definition) is 1. The van der Waals surface area contributed by atoms with Gasteiger partial charge in [-0.2, -0.15) is 0 Å². The number of nitrogens with zero attached hydrogens (tertiary/aromatic N) is 1. The smallest absolute Gasteiger partial charge is 0.116 e. The molecule has 0 aliphatic rings. The molecule has 0 spiro atoms. The maximum absolute atomic E-state index is 5.23. The van der Waals surface area contributed by atoms with Gasteiger partial charge in [-0.25, -0.2) is 4.98 Å². The van der Waals surface area contributed by atoms with Gasteiger partial charge in [-0.1, -0.05) is 12.0 Å². The lowest BCUT2D eigenvalue weighted by atomic mass is 10.2. The molecule has 0 aromatic carbocycles. The molecule has 1 heterocycles. The maximum Gasteiger partial charge on any atom is 0.116 e. The number of aromatic nitrogens is 1. The molecule has 0 bridgehead atoms. The first-order chi connectivity index (χ1) is 5.34. The van der Waals surface area contributed by atoms with E-state index < -0.39 is 0 Å². The van der Waals surface area contributed by atoms with Gasteiger partial charge < -0.3 is 5.73 Å². The third-order valence-electron chi connectivity index (χ3n) is 1.32. The van der Waals surface area contributed by atoms with Gasteiger partial charge in [-0.3, -0.25) is 0 Å². The Labute approximate surface area is 66.4 Å². The summed E-state index contributed by atoms with van der Waals surface area (Å²) in [5.74, 6) is 5.65. The normalized spacial score (nSPS) is 8.55. The van der Waals surface area contributed by atoms with Gasteiger partial charge in [0.15, 0.2) is 0 Å². The highest BCUT2D eigenvalue weighted by Crippen LogP contribution is 1.99. The fourth-order valence-corrected chi connectivity index (χ4v) is 0.751. The Morgan fingerprint density at radius 1 is 1.64 bits per heavy atom. The van der Waals surface area contributed by atoms with E-state index in [1.807, 2.05) is 19.1 Å². The standard InChI is InChI=1S/C9H10N2/c1-8-4-3-7-11-9(8)5-2-6-10/h3-4,7H,6,10H2,1H3. The van der Waals surface area contributed by atoms with Crippen LogP contribution in [0, 0.1) is 18.8 Å². The van der Waals surface area contributed by atoms with Crippen LogP contribution in [-0.4, -0.2) is 11.5 Å². The van der Waals surface area contributed by atoms with Gasteiger partial charge in [0, 0.05) is 6.20 Å². The largest absolute Gasteiger partial charge is 0.320 e. The van der Waals surface area contributed by atoms with Crippen LogP contribution in [0.15, 0.2) is 18.3 Å². The van der Waals surface area contributed by atoms with Gasteiger partial charge >= 0.3 is 0 Å². The molecule has 0 unspecified atom stereocenters. The number of pyridine rings is 1. The van der Waals surface area contributed by atoms with Crippen molar-refractivity contribution in [2.45, 2.75) is 6.92 Å². The Morgan fingerprint density at radius 2 is 2.45 bits per heavy atom. The molecule has 1 rings (SSSR count). The van der Waals surface area contributed by atoms with Crippen LogP contribution in [0.3, 0.4) is 0 Å². The van der Waals surface area contributed by atoms with E-state index in [4.69, 9.17) is 5.73 Å². The van der Waals surface area contributed by atoms with Gasteiger partial charge in [-0.15, -0.1) is 0 Å². The number of rotatable bonds is 0. The molecule has 0 fully saturated rings. The first kappa shape index (κ1) is 7.77. The average molecular weight is 146 g/mol. The van der Waals surface area contributed by atoms with Crippen molar-refractivity contribution in [3.8, 4) is 11.8 Å². The van der Waals surface area contributed by atoms with E-state index in [1.165, 1.54) is 0 Å². The summed E-state index contributed by atoms with van der Waals surface area (Å²) in [7, 11) is 0. The zero-order valence-corrected chi connectivity index (χ0v) is 6.46. The third kappa shape index (κ3) is 2.06. The summed E-state index contributed by atoms with van der Waals surface area (Å²) in [4.78, 5) is 4.09. The first-order valence-corrected chi connectivity index (χ1v) is 3.45. The number of aryl methyl sites for hydroxylation is 1. The van der Waals surface area contributed by atoms with E-state index in [0.29, 0.717) is 6.54 Å². The van der Waals surface area contributed by atoms with Crippen LogP contribution >= 0.6 is 0 Å². The monoisotopic (exact) mass is 146 g/mol. The van der Waals surface area contributed by atoms with E-state index in [0.717, 1.165) is 11.3 Å². The second-order valence-corrected chi connectivity index (χ2v) is 2.17. The Morgan fingerprint density at radius 3 is 3.09 bits per heavy atom. The molecule has 0 aliphatic heterocycles. The van der Waals surface area contributed by atoms with Crippen molar-refractivity contribution in [3.05, 3.63) is 29.6 Å². The topological polar surface area (TPSA) is 38.9 Å². The molecule has 1 aromatic rings. The van der Waals surface area contributed by atoms with Gasteiger partial charge in [0.1, 0.15) is 5.69 Å². The molecule has 0 radical (unpaired) electrons. The second-order valence-electron chi connectivity index (χ2n) is 2.17. The van der Waals surface area contributed by atoms with Crippen molar-refractivity contribution in [1.29, 1.82) is 0 Å².